The van der Waals surface area contributed by atoms with Crippen LogP contribution in [0.4, 0.5) is 8.78 Å². The van der Waals surface area contributed by atoms with Gasteiger partial charge in [0.05, 0.1) is 10.6 Å². The molecule has 2 rings (SSSR count). The number of hydrogen-bond acceptors (Lipinski definition) is 3. The Kier molecular flexibility index (Phi) is 3.95. The first-order valence-corrected chi connectivity index (χ1v) is 6.45. The van der Waals surface area contributed by atoms with Crippen LogP contribution in [0, 0.1) is 5.82 Å². The van der Waals surface area contributed by atoms with Crippen LogP contribution < -0.4 is 0 Å². The van der Waals surface area contributed by atoms with Crippen LogP contribution in [0.25, 0.3) is 11.3 Å². The summed E-state index contributed by atoms with van der Waals surface area (Å²) < 4.78 is 32.8. The van der Waals surface area contributed by atoms with Crippen molar-refractivity contribution in [1.29, 1.82) is 0 Å². The Morgan fingerprint density at radius 2 is 2.00 bits per heavy atom. The molecule has 0 bridgehead atoms. The van der Waals surface area contributed by atoms with E-state index >= 15 is 0 Å². The number of rotatable bonds is 3. The molecule has 1 N–H and O–H groups in total. The molecule has 0 saturated carbocycles. The molecule has 1 aromatic heterocycles. The highest BCUT2D eigenvalue weighted by Crippen LogP contribution is 2.39. The zero-order valence-electron chi connectivity index (χ0n) is 10.9. The lowest BCUT2D eigenvalue weighted by molar-refractivity contribution is 0.0683. The molecular formula is C13H9Cl2F2NO3. The number of aromatic nitrogens is 1. The average Bonchev–Trinajstić information content (AvgIpc) is 2.71. The van der Waals surface area contributed by atoms with Gasteiger partial charge in [0.15, 0.2) is 11.4 Å². The van der Waals surface area contributed by atoms with E-state index in [1.165, 1.54) is 6.07 Å². The molecule has 0 fully saturated rings. The van der Waals surface area contributed by atoms with Gasteiger partial charge in [-0.2, -0.15) is 0 Å². The van der Waals surface area contributed by atoms with Crippen molar-refractivity contribution in [2.45, 2.75) is 19.5 Å². The second-order valence-electron chi connectivity index (χ2n) is 4.76. The van der Waals surface area contributed by atoms with Crippen molar-refractivity contribution in [2.75, 3.05) is 0 Å². The molecule has 0 amide bonds. The van der Waals surface area contributed by atoms with E-state index in [1.807, 2.05) is 0 Å². The third-order valence-corrected chi connectivity index (χ3v) is 3.21. The summed E-state index contributed by atoms with van der Waals surface area (Å²) in [5, 5.41) is 12.6. The number of aromatic carboxylic acids is 1. The maximum atomic E-state index is 14.0. The molecular weight excluding hydrogens is 327 g/mol. The zero-order valence-corrected chi connectivity index (χ0v) is 12.4. The number of carboxylic acids is 1. The summed E-state index contributed by atoms with van der Waals surface area (Å²) in [4.78, 5) is 11.4. The highest BCUT2D eigenvalue weighted by atomic mass is 35.5. The summed E-state index contributed by atoms with van der Waals surface area (Å²) in [6.07, 6.45) is 0. The highest BCUT2D eigenvalue weighted by molar-refractivity contribution is 6.36. The Labute approximate surface area is 128 Å². The Morgan fingerprint density at radius 3 is 2.48 bits per heavy atom. The van der Waals surface area contributed by atoms with Crippen molar-refractivity contribution in [2.24, 2.45) is 0 Å². The van der Waals surface area contributed by atoms with E-state index in [-0.39, 0.29) is 21.3 Å². The van der Waals surface area contributed by atoms with Gasteiger partial charge in [-0.1, -0.05) is 28.4 Å². The van der Waals surface area contributed by atoms with Gasteiger partial charge in [0.2, 0.25) is 0 Å². The topological polar surface area (TPSA) is 63.3 Å². The molecule has 0 radical (unpaired) electrons. The minimum Gasteiger partial charge on any atom is -0.477 e. The lowest BCUT2D eigenvalue weighted by Crippen LogP contribution is -2.13. The van der Waals surface area contributed by atoms with E-state index in [1.54, 1.807) is 0 Å². The van der Waals surface area contributed by atoms with E-state index in [9.17, 15) is 18.7 Å². The van der Waals surface area contributed by atoms with Crippen molar-refractivity contribution in [3.8, 4) is 11.3 Å². The molecule has 1 heterocycles. The summed E-state index contributed by atoms with van der Waals surface area (Å²) in [5.74, 6) is -2.90. The molecule has 0 aliphatic carbocycles. The summed E-state index contributed by atoms with van der Waals surface area (Å²) in [6.45, 7) is 2.20. The van der Waals surface area contributed by atoms with Crippen molar-refractivity contribution < 1.29 is 23.2 Å². The van der Waals surface area contributed by atoms with E-state index in [2.05, 4.69) is 5.16 Å². The first-order valence-electron chi connectivity index (χ1n) is 5.70. The minimum atomic E-state index is -2.10. The molecule has 0 unspecified atom stereocenters. The first-order chi connectivity index (χ1) is 9.62. The standard InChI is InChI=1S/C13H9Cl2F2NO3/c1-13(2,17)11-9(12(19)20)10(18-21-11)8-6(15)3-5(14)4-7(8)16/h3-4H,1-2H3,(H,19,20). The molecule has 21 heavy (non-hydrogen) atoms. The van der Waals surface area contributed by atoms with Gasteiger partial charge in [-0.3, -0.25) is 0 Å². The average molecular weight is 336 g/mol. The van der Waals surface area contributed by atoms with Gasteiger partial charge in [0, 0.05) is 5.02 Å². The summed E-state index contributed by atoms with van der Waals surface area (Å²) in [7, 11) is 0. The van der Waals surface area contributed by atoms with Gasteiger partial charge < -0.3 is 9.63 Å². The number of nitrogens with zero attached hydrogens (tertiary/aromatic N) is 1. The monoisotopic (exact) mass is 335 g/mol. The molecule has 0 spiro atoms. The predicted molar refractivity (Wildman–Crippen MR) is 73.0 cm³/mol. The predicted octanol–water partition coefficient (Wildman–Crippen LogP) is 4.69. The van der Waals surface area contributed by atoms with E-state index in [4.69, 9.17) is 27.7 Å². The molecule has 0 aliphatic rings. The van der Waals surface area contributed by atoms with Crippen molar-refractivity contribution in [3.63, 3.8) is 0 Å². The van der Waals surface area contributed by atoms with Crippen molar-refractivity contribution in [3.05, 3.63) is 39.3 Å². The maximum Gasteiger partial charge on any atom is 0.341 e. The molecule has 2 aromatic rings. The third-order valence-electron chi connectivity index (χ3n) is 2.69. The summed E-state index contributed by atoms with van der Waals surface area (Å²) in [6, 6.07) is 2.17. The lowest BCUT2D eigenvalue weighted by Gasteiger charge is -2.10. The molecule has 8 heteroatoms. The Hall–Kier alpha value is -1.66. The van der Waals surface area contributed by atoms with E-state index < -0.39 is 28.8 Å². The Morgan fingerprint density at radius 1 is 1.38 bits per heavy atom. The quantitative estimate of drug-likeness (QED) is 0.883. The van der Waals surface area contributed by atoms with Crippen LogP contribution >= 0.6 is 23.2 Å². The van der Waals surface area contributed by atoms with Crippen LogP contribution in [0.3, 0.4) is 0 Å². The SMILES string of the molecule is CC(C)(F)c1onc(-c2c(F)cc(Cl)cc2Cl)c1C(=O)O. The van der Waals surface area contributed by atoms with Gasteiger partial charge in [-0.15, -0.1) is 0 Å². The molecule has 0 aliphatic heterocycles. The van der Waals surface area contributed by atoms with Crippen molar-refractivity contribution >= 4 is 29.2 Å². The molecule has 0 atom stereocenters. The van der Waals surface area contributed by atoms with Crippen molar-refractivity contribution in [1.82, 2.24) is 5.16 Å². The van der Waals surface area contributed by atoms with Crippen LogP contribution in [0.5, 0.6) is 0 Å². The van der Waals surface area contributed by atoms with Gasteiger partial charge in [-0.25, -0.2) is 13.6 Å². The first kappa shape index (κ1) is 15.7. The molecule has 4 nitrogen and oxygen atoms in total. The smallest absolute Gasteiger partial charge is 0.341 e. The fourth-order valence-corrected chi connectivity index (χ4v) is 2.39. The second kappa shape index (κ2) is 5.27. The number of carboxylic acid groups (broad SMARTS) is 1. The number of carbonyl (C=O) groups is 1. The Balaban J connectivity index is 2.78. The van der Waals surface area contributed by atoms with E-state index in [0.29, 0.717) is 0 Å². The second-order valence-corrected chi connectivity index (χ2v) is 5.60. The fraction of sp³-hybridized carbons (Fsp3) is 0.231. The molecule has 112 valence electrons. The van der Waals surface area contributed by atoms with Gasteiger partial charge in [0.25, 0.3) is 0 Å². The van der Waals surface area contributed by atoms with Crippen LogP contribution in [0.2, 0.25) is 10.0 Å². The largest absolute Gasteiger partial charge is 0.477 e. The lowest BCUT2D eigenvalue weighted by atomic mass is 9.99. The number of benzene rings is 1. The van der Waals surface area contributed by atoms with Crippen LogP contribution in [-0.4, -0.2) is 16.2 Å². The molecule has 0 saturated heterocycles. The van der Waals surface area contributed by atoms with Gasteiger partial charge in [0.1, 0.15) is 17.1 Å². The zero-order chi connectivity index (χ0) is 15.9. The highest BCUT2D eigenvalue weighted by Gasteiger charge is 2.35. The summed E-state index contributed by atoms with van der Waals surface area (Å²) >= 11 is 11.5. The number of halogens is 4. The van der Waals surface area contributed by atoms with Crippen LogP contribution in [0.15, 0.2) is 16.7 Å². The third kappa shape index (κ3) is 2.87. The molecule has 1 aromatic carbocycles. The number of hydrogen-bond donors (Lipinski definition) is 1. The van der Waals surface area contributed by atoms with E-state index in [0.717, 1.165) is 19.9 Å². The Bertz CT molecular complexity index is 700. The summed E-state index contributed by atoms with van der Waals surface area (Å²) in [5.41, 5.74) is -3.38. The fourth-order valence-electron chi connectivity index (χ4n) is 1.83. The van der Waals surface area contributed by atoms with Gasteiger partial charge >= 0.3 is 5.97 Å². The minimum absolute atomic E-state index is 0.0349. The van der Waals surface area contributed by atoms with Gasteiger partial charge in [-0.05, 0) is 26.0 Å². The number of alkyl halides is 1. The van der Waals surface area contributed by atoms with Crippen LogP contribution in [-0.2, 0) is 5.67 Å². The normalized spacial score (nSPS) is 11.7. The van der Waals surface area contributed by atoms with Crippen LogP contribution in [0.1, 0.15) is 30.0 Å². The maximum absolute atomic E-state index is 14.0.